The standard InChI is InChI=1S/C15H15NO4/c17-9-3-1-2-8(6-9)16-14(18)12-7-4-10-11(5-7)20-15(19)13(10)12/h1-3,6-7,10-13,17H,4-5H2,(H,16,18)/t7-,10+,11+,12-,13-/m1/s1. The number of fused-ring (bicyclic) bond motifs is 1. The molecule has 5 nitrogen and oxygen atoms in total. The van der Waals surface area contributed by atoms with Crippen LogP contribution in [0.25, 0.3) is 0 Å². The van der Waals surface area contributed by atoms with Gasteiger partial charge in [0, 0.05) is 17.7 Å². The molecule has 1 aliphatic heterocycles. The maximum absolute atomic E-state index is 12.4. The summed E-state index contributed by atoms with van der Waals surface area (Å²) in [5, 5.41) is 12.2. The second-order valence-corrected chi connectivity index (χ2v) is 5.96. The molecule has 2 aliphatic carbocycles. The van der Waals surface area contributed by atoms with Crippen LogP contribution in [-0.4, -0.2) is 23.1 Å². The fourth-order valence-corrected chi connectivity index (χ4v) is 4.17. The van der Waals surface area contributed by atoms with Crippen molar-refractivity contribution >= 4 is 17.6 Å². The lowest BCUT2D eigenvalue weighted by atomic mass is 9.79. The molecule has 1 aromatic rings. The van der Waals surface area contributed by atoms with Crippen LogP contribution in [0, 0.1) is 23.7 Å². The number of nitrogens with one attached hydrogen (secondary N) is 1. The van der Waals surface area contributed by atoms with Crippen molar-refractivity contribution in [1.29, 1.82) is 0 Å². The highest BCUT2D eigenvalue weighted by Gasteiger charge is 2.63. The van der Waals surface area contributed by atoms with Crippen molar-refractivity contribution < 1.29 is 19.4 Å². The Morgan fingerprint density at radius 2 is 2.20 bits per heavy atom. The second-order valence-electron chi connectivity index (χ2n) is 5.96. The predicted molar refractivity (Wildman–Crippen MR) is 69.8 cm³/mol. The fourth-order valence-electron chi connectivity index (χ4n) is 4.17. The minimum absolute atomic E-state index is 0.0438. The molecule has 3 aliphatic rings. The summed E-state index contributed by atoms with van der Waals surface area (Å²) >= 11 is 0. The third-order valence-electron chi connectivity index (χ3n) is 4.90. The molecule has 0 radical (unpaired) electrons. The van der Waals surface area contributed by atoms with E-state index in [1.54, 1.807) is 18.2 Å². The highest BCUT2D eigenvalue weighted by molar-refractivity contribution is 5.97. The first kappa shape index (κ1) is 11.8. The zero-order valence-corrected chi connectivity index (χ0v) is 10.8. The van der Waals surface area contributed by atoms with Crippen LogP contribution in [0.2, 0.25) is 0 Å². The molecule has 0 unspecified atom stereocenters. The van der Waals surface area contributed by atoms with Gasteiger partial charge in [-0.2, -0.15) is 0 Å². The van der Waals surface area contributed by atoms with Crippen molar-refractivity contribution in [1.82, 2.24) is 0 Å². The Balaban J connectivity index is 1.56. The molecule has 20 heavy (non-hydrogen) atoms. The topological polar surface area (TPSA) is 75.6 Å². The monoisotopic (exact) mass is 273 g/mol. The van der Waals surface area contributed by atoms with Gasteiger partial charge in [-0.3, -0.25) is 9.59 Å². The normalized spacial score (nSPS) is 37.0. The van der Waals surface area contributed by atoms with Crippen LogP contribution in [0.15, 0.2) is 24.3 Å². The van der Waals surface area contributed by atoms with Crippen molar-refractivity contribution in [2.75, 3.05) is 5.32 Å². The minimum Gasteiger partial charge on any atom is -0.508 e. The number of carbonyl (C=O) groups excluding carboxylic acids is 2. The molecular weight excluding hydrogens is 258 g/mol. The average molecular weight is 273 g/mol. The zero-order chi connectivity index (χ0) is 13.9. The Morgan fingerprint density at radius 3 is 3.00 bits per heavy atom. The van der Waals surface area contributed by atoms with E-state index in [9.17, 15) is 14.7 Å². The quantitative estimate of drug-likeness (QED) is 0.801. The van der Waals surface area contributed by atoms with Crippen LogP contribution in [0.3, 0.4) is 0 Å². The number of carbonyl (C=O) groups is 2. The third kappa shape index (κ3) is 1.55. The first-order valence-electron chi connectivity index (χ1n) is 6.94. The van der Waals surface area contributed by atoms with E-state index in [2.05, 4.69) is 5.32 Å². The van der Waals surface area contributed by atoms with Gasteiger partial charge in [-0.15, -0.1) is 0 Å². The first-order chi connectivity index (χ1) is 9.63. The molecule has 0 spiro atoms. The van der Waals surface area contributed by atoms with Crippen LogP contribution in [0.1, 0.15) is 12.8 Å². The molecule has 1 aromatic carbocycles. The number of phenolic OH excluding ortho intramolecular Hbond substituents is 1. The summed E-state index contributed by atoms with van der Waals surface area (Å²) in [4.78, 5) is 24.3. The summed E-state index contributed by atoms with van der Waals surface area (Å²) in [5.74, 6) is -0.312. The molecule has 4 rings (SSSR count). The molecule has 1 amide bonds. The molecule has 2 saturated carbocycles. The molecular formula is C15H15NO4. The Morgan fingerprint density at radius 1 is 1.35 bits per heavy atom. The van der Waals surface area contributed by atoms with E-state index in [0.717, 1.165) is 12.8 Å². The number of esters is 1. The molecule has 0 aromatic heterocycles. The van der Waals surface area contributed by atoms with Crippen molar-refractivity contribution in [3.05, 3.63) is 24.3 Å². The Hall–Kier alpha value is -2.04. The van der Waals surface area contributed by atoms with Gasteiger partial charge < -0.3 is 15.2 Å². The van der Waals surface area contributed by atoms with E-state index in [1.165, 1.54) is 6.07 Å². The summed E-state index contributed by atoms with van der Waals surface area (Å²) < 4.78 is 5.33. The van der Waals surface area contributed by atoms with Crippen LogP contribution in [-0.2, 0) is 14.3 Å². The van der Waals surface area contributed by atoms with E-state index in [-0.39, 0.29) is 47.4 Å². The molecule has 104 valence electrons. The summed E-state index contributed by atoms with van der Waals surface area (Å²) in [7, 11) is 0. The zero-order valence-electron chi connectivity index (χ0n) is 10.8. The van der Waals surface area contributed by atoms with Crippen LogP contribution >= 0.6 is 0 Å². The van der Waals surface area contributed by atoms with Gasteiger partial charge in [0.2, 0.25) is 5.91 Å². The summed E-state index contributed by atoms with van der Waals surface area (Å²) in [6, 6.07) is 6.44. The predicted octanol–water partition coefficient (Wildman–Crippen LogP) is 1.53. The molecule has 3 fully saturated rings. The highest BCUT2D eigenvalue weighted by Crippen LogP contribution is 2.57. The van der Waals surface area contributed by atoms with Gasteiger partial charge in [0.1, 0.15) is 11.9 Å². The lowest BCUT2D eigenvalue weighted by Crippen LogP contribution is -2.35. The minimum atomic E-state index is -0.284. The van der Waals surface area contributed by atoms with E-state index >= 15 is 0 Å². The Kier molecular flexibility index (Phi) is 2.34. The average Bonchev–Trinajstić information content (AvgIpc) is 2.99. The third-order valence-corrected chi connectivity index (χ3v) is 4.90. The number of rotatable bonds is 2. The lowest BCUT2D eigenvalue weighted by molar-refractivity contribution is -0.145. The number of benzene rings is 1. The number of hydrogen-bond acceptors (Lipinski definition) is 4. The van der Waals surface area contributed by atoms with Crippen molar-refractivity contribution in [3.63, 3.8) is 0 Å². The van der Waals surface area contributed by atoms with Gasteiger partial charge >= 0.3 is 5.97 Å². The highest BCUT2D eigenvalue weighted by atomic mass is 16.6. The van der Waals surface area contributed by atoms with Gasteiger partial charge in [-0.1, -0.05) is 6.07 Å². The number of anilines is 1. The number of hydrogen-bond donors (Lipinski definition) is 2. The van der Waals surface area contributed by atoms with E-state index in [4.69, 9.17) is 4.74 Å². The number of aromatic hydroxyl groups is 1. The maximum Gasteiger partial charge on any atom is 0.310 e. The van der Waals surface area contributed by atoms with Gasteiger partial charge in [0.25, 0.3) is 0 Å². The summed E-state index contributed by atoms with van der Waals surface area (Å²) in [6.07, 6.45) is 1.77. The van der Waals surface area contributed by atoms with Crippen molar-refractivity contribution in [2.45, 2.75) is 18.9 Å². The van der Waals surface area contributed by atoms with Crippen LogP contribution in [0.5, 0.6) is 5.75 Å². The van der Waals surface area contributed by atoms with Crippen LogP contribution < -0.4 is 5.32 Å². The molecule has 5 atom stereocenters. The summed E-state index contributed by atoms with van der Waals surface area (Å²) in [5.41, 5.74) is 0.556. The Labute approximate surface area is 115 Å². The van der Waals surface area contributed by atoms with Crippen molar-refractivity contribution in [3.8, 4) is 5.75 Å². The number of phenols is 1. The van der Waals surface area contributed by atoms with Crippen LogP contribution in [0.4, 0.5) is 5.69 Å². The van der Waals surface area contributed by atoms with Gasteiger partial charge in [0.05, 0.1) is 11.8 Å². The number of ether oxygens (including phenoxy) is 1. The lowest BCUT2D eigenvalue weighted by Gasteiger charge is -2.23. The molecule has 1 saturated heterocycles. The van der Waals surface area contributed by atoms with Gasteiger partial charge in [-0.25, -0.2) is 0 Å². The molecule has 2 N–H and O–H groups in total. The van der Waals surface area contributed by atoms with Gasteiger partial charge in [-0.05, 0) is 30.9 Å². The number of amides is 1. The Bertz CT molecular complexity index is 597. The van der Waals surface area contributed by atoms with E-state index in [0.29, 0.717) is 5.69 Å². The SMILES string of the molecule is O=C(Nc1cccc(O)c1)[C@@H]1[C@@H]2C[C@@H]3[C@H]1C(=O)O[C@H]3C2. The molecule has 5 heteroatoms. The van der Waals surface area contributed by atoms with Crippen molar-refractivity contribution in [2.24, 2.45) is 23.7 Å². The largest absolute Gasteiger partial charge is 0.508 e. The molecule has 1 heterocycles. The van der Waals surface area contributed by atoms with Gasteiger partial charge in [0.15, 0.2) is 0 Å². The first-order valence-corrected chi connectivity index (χ1v) is 6.94. The van der Waals surface area contributed by atoms with E-state index in [1.807, 2.05) is 0 Å². The maximum atomic E-state index is 12.4. The smallest absolute Gasteiger partial charge is 0.310 e. The fraction of sp³-hybridized carbons (Fsp3) is 0.467. The summed E-state index contributed by atoms with van der Waals surface area (Å²) in [6.45, 7) is 0. The second kappa shape index (κ2) is 3.98. The molecule has 2 bridgehead atoms. The van der Waals surface area contributed by atoms with E-state index < -0.39 is 0 Å².